The van der Waals surface area contributed by atoms with Gasteiger partial charge in [0.1, 0.15) is 5.52 Å². The van der Waals surface area contributed by atoms with E-state index in [9.17, 15) is 4.79 Å². The van der Waals surface area contributed by atoms with E-state index >= 15 is 0 Å². The summed E-state index contributed by atoms with van der Waals surface area (Å²) in [5.74, 6) is 1.22. The van der Waals surface area contributed by atoms with Crippen molar-refractivity contribution in [1.29, 1.82) is 5.26 Å². The van der Waals surface area contributed by atoms with Crippen molar-refractivity contribution in [2.24, 2.45) is 0 Å². The number of amides is 1. The maximum Gasteiger partial charge on any atom is 0.229 e. The number of nitrogens with one attached hydrogen (secondary N) is 2. The van der Waals surface area contributed by atoms with Crippen LogP contribution in [0, 0.1) is 11.3 Å². The van der Waals surface area contributed by atoms with Crippen molar-refractivity contribution in [2.45, 2.75) is 51.1 Å². The highest BCUT2D eigenvalue weighted by Gasteiger charge is 2.23. The molecule has 0 spiro atoms. The van der Waals surface area contributed by atoms with Gasteiger partial charge in [-0.05, 0) is 37.8 Å². The predicted octanol–water partition coefficient (Wildman–Crippen LogP) is 2.81. The van der Waals surface area contributed by atoms with E-state index < -0.39 is 0 Å². The van der Waals surface area contributed by atoms with Gasteiger partial charge in [0.25, 0.3) is 0 Å². The van der Waals surface area contributed by atoms with Crippen LogP contribution in [-0.2, 0) is 16.0 Å². The summed E-state index contributed by atoms with van der Waals surface area (Å²) in [6.45, 7) is 4.54. The van der Waals surface area contributed by atoms with Gasteiger partial charge >= 0.3 is 0 Å². The van der Waals surface area contributed by atoms with Crippen LogP contribution in [0.25, 0.3) is 11.0 Å². The zero-order valence-corrected chi connectivity index (χ0v) is 19.8. The van der Waals surface area contributed by atoms with Crippen LogP contribution < -0.4 is 10.6 Å². The van der Waals surface area contributed by atoms with Crippen molar-refractivity contribution in [2.75, 3.05) is 36.9 Å². The van der Waals surface area contributed by atoms with E-state index in [0.29, 0.717) is 41.7 Å². The lowest BCUT2D eigenvalue weighted by atomic mass is 10.1. The zero-order chi connectivity index (χ0) is 24.2. The Hall–Kier alpha value is -3.78. The van der Waals surface area contributed by atoms with E-state index in [2.05, 4.69) is 31.8 Å². The van der Waals surface area contributed by atoms with Crippen LogP contribution in [0.15, 0.2) is 24.5 Å². The van der Waals surface area contributed by atoms with Crippen LogP contribution in [0.2, 0.25) is 0 Å². The minimum atomic E-state index is 0.124. The standard InChI is InChI=1S/C24H29N9O2/c1-16(34)32-10-5-20(6-11-32)33-15-19(14-26-33)29-24-30-21-3-2-17(4-9-25)27-22(21)23(31-24)28-18-7-12-35-13-8-18/h2-3,14-15,18,20H,4-8,10-13H2,1H3,(H2,28,29,30,31). The van der Waals surface area contributed by atoms with Crippen LogP contribution >= 0.6 is 0 Å². The topological polar surface area (TPSA) is 134 Å². The van der Waals surface area contributed by atoms with Crippen LogP contribution in [-0.4, -0.2) is 67.9 Å². The molecule has 2 aliphatic heterocycles. The second-order valence-corrected chi connectivity index (χ2v) is 9.00. The monoisotopic (exact) mass is 475 g/mol. The van der Waals surface area contributed by atoms with Crippen LogP contribution in [0.5, 0.6) is 0 Å². The highest BCUT2D eigenvalue weighted by Crippen LogP contribution is 2.27. The van der Waals surface area contributed by atoms with E-state index in [1.54, 1.807) is 13.1 Å². The molecule has 2 aliphatic rings. The van der Waals surface area contributed by atoms with Crippen molar-refractivity contribution in [1.82, 2.24) is 29.6 Å². The van der Waals surface area contributed by atoms with E-state index in [0.717, 1.165) is 44.5 Å². The summed E-state index contributed by atoms with van der Waals surface area (Å²) in [5.41, 5.74) is 2.84. The Morgan fingerprint density at radius 2 is 1.97 bits per heavy atom. The Morgan fingerprint density at radius 3 is 2.71 bits per heavy atom. The molecule has 3 aromatic heterocycles. The molecule has 2 fully saturated rings. The summed E-state index contributed by atoms with van der Waals surface area (Å²) >= 11 is 0. The van der Waals surface area contributed by atoms with Crippen LogP contribution in [0.4, 0.5) is 17.5 Å². The number of nitrogens with zero attached hydrogens (tertiary/aromatic N) is 7. The second kappa shape index (κ2) is 10.2. The minimum absolute atomic E-state index is 0.124. The average Bonchev–Trinajstić information content (AvgIpc) is 3.34. The summed E-state index contributed by atoms with van der Waals surface area (Å²) in [5, 5.41) is 20.4. The molecule has 2 N–H and O–H groups in total. The Labute approximate surface area is 203 Å². The first-order chi connectivity index (χ1) is 17.1. The molecule has 5 rings (SSSR count). The molecule has 0 atom stereocenters. The first kappa shape index (κ1) is 23.0. The van der Waals surface area contributed by atoms with Gasteiger partial charge in [0.2, 0.25) is 11.9 Å². The van der Waals surface area contributed by atoms with E-state index in [1.807, 2.05) is 27.9 Å². The van der Waals surface area contributed by atoms with Crippen LogP contribution in [0.1, 0.15) is 44.3 Å². The average molecular weight is 476 g/mol. The van der Waals surface area contributed by atoms with Gasteiger partial charge in [-0.15, -0.1) is 0 Å². The molecule has 11 heteroatoms. The third-order valence-electron chi connectivity index (χ3n) is 6.56. The largest absolute Gasteiger partial charge is 0.381 e. The lowest BCUT2D eigenvalue weighted by Gasteiger charge is -2.31. The number of carbonyl (C=O) groups excluding carboxylic acids is 1. The number of fused-ring (bicyclic) bond motifs is 1. The Morgan fingerprint density at radius 1 is 1.17 bits per heavy atom. The molecule has 3 aromatic rings. The fraction of sp³-hybridized carbons (Fsp3) is 0.500. The van der Waals surface area contributed by atoms with E-state index in [-0.39, 0.29) is 24.4 Å². The highest BCUT2D eigenvalue weighted by atomic mass is 16.5. The first-order valence-electron chi connectivity index (χ1n) is 12.0. The Balaban J connectivity index is 1.37. The quantitative estimate of drug-likeness (QED) is 0.552. The molecule has 0 radical (unpaired) electrons. The Kier molecular flexibility index (Phi) is 6.72. The number of pyridine rings is 1. The third-order valence-corrected chi connectivity index (χ3v) is 6.56. The first-order valence-corrected chi connectivity index (χ1v) is 12.0. The summed E-state index contributed by atoms with van der Waals surface area (Å²) in [6.07, 6.45) is 7.50. The normalized spacial score (nSPS) is 17.3. The van der Waals surface area contributed by atoms with Gasteiger partial charge in [-0.3, -0.25) is 9.48 Å². The molecule has 0 unspecified atom stereocenters. The maximum absolute atomic E-state index is 11.6. The number of anilines is 3. The van der Waals surface area contributed by atoms with Crippen molar-refractivity contribution in [3.8, 4) is 6.07 Å². The van der Waals surface area contributed by atoms with Crippen molar-refractivity contribution in [3.63, 3.8) is 0 Å². The predicted molar refractivity (Wildman–Crippen MR) is 130 cm³/mol. The Bertz CT molecular complexity index is 1240. The molecular formula is C24H29N9O2. The van der Waals surface area contributed by atoms with Gasteiger partial charge in [0.05, 0.1) is 41.6 Å². The zero-order valence-electron chi connectivity index (χ0n) is 19.8. The third kappa shape index (κ3) is 5.33. The highest BCUT2D eigenvalue weighted by molar-refractivity contribution is 5.87. The molecule has 1 amide bonds. The molecule has 2 saturated heterocycles. The molecule has 0 bridgehead atoms. The van der Waals surface area contributed by atoms with Crippen molar-refractivity contribution < 1.29 is 9.53 Å². The van der Waals surface area contributed by atoms with Gasteiger partial charge in [-0.2, -0.15) is 15.3 Å². The summed E-state index contributed by atoms with van der Waals surface area (Å²) < 4.78 is 7.44. The number of hydrogen-bond acceptors (Lipinski definition) is 9. The maximum atomic E-state index is 11.6. The summed E-state index contributed by atoms with van der Waals surface area (Å²) in [6, 6.07) is 6.35. The number of piperidine rings is 1. The summed E-state index contributed by atoms with van der Waals surface area (Å²) in [7, 11) is 0. The molecular weight excluding hydrogens is 446 g/mol. The second-order valence-electron chi connectivity index (χ2n) is 9.00. The number of ether oxygens (including phenoxy) is 1. The van der Waals surface area contributed by atoms with Crippen LogP contribution in [0.3, 0.4) is 0 Å². The number of rotatable bonds is 6. The molecule has 182 valence electrons. The molecule has 0 saturated carbocycles. The van der Waals surface area contributed by atoms with E-state index in [4.69, 9.17) is 15.0 Å². The van der Waals surface area contributed by atoms with Crippen molar-refractivity contribution >= 4 is 34.4 Å². The van der Waals surface area contributed by atoms with Gasteiger partial charge < -0.3 is 20.3 Å². The molecule has 5 heterocycles. The number of aromatic nitrogens is 5. The van der Waals surface area contributed by atoms with Gasteiger partial charge in [-0.1, -0.05) is 0 Å². The molecule has 35 heavy (non-hydrogen) atoms. The number of carbonyl (C=O) groups is 1. The fourth-order valence-corrected chi connectivity index (χ4v) is 4.60. The van der Waals surface area contributed by atoms with Gasteiger partial charge in [0, 0.05) is 45.5 Å². The van der Waals surface area contributed by atoms with Gasteiger partial charge in [0.15, 0.2) is 5.82 Å². The van der Waals surface area contributed by atoms with Crippen molar-refractivity contribution in [3.05, 3.63) is 30.2 Å². The lowest BCUT2D eigenvalue weighted by molar-refractivity contribution is -0.130. The van der Waals surface area contributed by atoms with E-state index in [1.165, 1.54) is 0 Å². The SMILES string of the molecule is CC(=O)N1CCC(n2cc(Nc3nc(NC4CCOCC4)c4nc(CC#N)ccc4n3)cn2)CC1. The molecule has 11 nitrogen and oxygen atoms in total. The minimum Gasteiger partial charge on any atom is -0.381 e. The van der Waals surface area contributed by atoms with Gasteiger partial charge in [-0.25, -0.2) is 9.97 Å². The number of likely N-dealkylation sites (tertiary alicyclic amines) is 1. The lowest BCUT2D eigenvalue weighted by Crippen LogP contribution is -2.37. The summed E-state index contributed by atoms with van der Waals surface area (Å²) in [4.78, 5) is 27.5. The number of hydrogen-bond donors (Lipinski definition) is 2. The fourth-order valence-electron chi connectivity index (χ4n) is 4.60. The smallest absolute Gasteiger partial charge is 0.229 e. The number of nitriles is 1. The molecule has 0 aliphatic carbocycles. The molecule has 0 aromatic carbocycles.